The smallest absolute Gasteiger partial charge is 0.259 e. The van der Waals surface area contributed by atoms with Gasteiger partial charge in [-0.1, -0.05) is 45.7 Å². The third kappa shape index (κ3) is 3.39. The third-order valence-corrected chi connectivity index (χ3v) is 4.15. The number of carboxylic acids is 1. The minimum atomic E-state index is -1.34. The Morgan fingerprint density at radius 3 is 2.58 bits per heavy atom. The van der Waals surface area contributed by atoms with Crippen molar-refractivity contribution in [1.82, 2.24) is 9.97 Å². The normalized spacial score (nSPS) is 11.7. The number of nitrogens with one attached hydrogen (secondary N) is 1. The molecule has 0 saturated heterocycles. The molecule has 0 fully saturated rings. The molecule has 1 N–H and O–H groups in total. The first-order chi connectivity index (χ1) is 11.4. The highest BCUT2D eigenvalue weighted by Crippen LogP contribution is 2.21. The quantitative estimate of drug-likeness (QED) is 0.727. The van der Waals surface area contributed by atoms with Crippen molar-refractivity contribution in [1.29, 1.82) is 0 Å². The third-order valence-electron chi connectivity index (χ3n) is 3.33. The Balaban J connectivity index is 2.10. The van der Waals surface area contributed by atoms with Gasteiger partial charge in [-0.05, 0) is 41.5 Å². The fraction of sp³-hybridized carbons (Fsp3) is 0. The van der Waals surface area contributed by atoms with Gasteiger partial charge < -0.3 is 14.9 Å². The van der Waals surface area contributed by atoms with Crippen LogP contribution in [0.4, 0.5) is 0 Å². The van der Waals surface area contributed by atoms with Gasteiger partial charge in [-0.15, -0.1) is 0 Å². The Hall–Kier alpha value is -2.44. The highest BCUT2D eigenvalue weighted by atomic mass is 79.9. The van der Waals surface area contributed by atoms with Gasteiger partial charge >= 0.3 is 0 Å². The summed E-state index contributed by atoms with van der Waals surface area (Å²) >= 11 is 9.59. The molecule has 24 heavy (non-hydrogen) atoms. The van der Waals surface area contributed by atoms with Gasteiger partial charge in [-0.25, -0.2) is 4.98 Å². The van der Waals surface area contributed by atoms with E-state index in [2.05, 4.69) is 25.9 Å². The lowest BCUT2D eigenvalue weighted by Crippen LogP contribution is -2.22. The zero-order valence-corrected chi connectivity index (χ0v) is 14.4. The molecule has 0 saturated carbocycles. The Morgan fingerprint density at radius 2 is 1.92 bits per heavy atom. The SMILES string of the molecule is O=C([O-])c1ccc2c(=O)[nH]c(/C(Cl)=C/c3ccc(Br)cc3)nc2c1. The number of carboxylic acid groups (broad SMARTS) is 1. The molecule has 0 spiro atoms. The van der Waals surface area contributed by atoms with Gasteiger partial charge in [0.15, 0.2) is 5.82 Å². The van der Waals surface area contributed by atoms with E-state index < -0.39 is 11.5 Å². The zero-order chi connectivity index (χ0) is 17.3. The molecule has 3 rings (SSSR count). The van der Waals surface area contributed by atoms with E-state index in [0.29, 0.717) is 0 Å². The van der Waals surface area contributed by atoms with Crippen molar-refractivity contribution in [3.05, 3.63) is 74.2 Å². The fourth-order valence-electron chi connectivity index (χ4n) is 2.15. The van der Waals surface area contributed by atoms with E-state index in [1.54, 1.807) is 6.08 Å². The lowest BCUT2D eigenvalue weighted by Gasteiger charge is -2.05. The molecule has 0 aliphatic heterocycles. The molecule has 0 bridgehead atoms. The summed E-state index contributed by atoms with van der Waals surface area (Å²) in [5.74, 6) is -1.18. The number of hydrogen-bond donors (Lipinski definition) is 1. The first kappa shape index (κ1) is 16.4. The maximum Gasteiger partial charge on any atom is 0.259 e. The van der Waals surface area contributed by atoms with E-state index in [1.807, 2.05) is 24.3 Å². The molecule has 0 amide bonds. The standard InChI is InChI=1S/C17H10BrClN2O3/c18-11-4-1-9(2-5-11)7-13(19)15-20-14-8-10(17(23)24)3-6-12(14)16(22)21-15/h1-8H,(H,23,24)(H,20,21,22)/p-1/b13-7-. The van der Waals surface area contributed by atoms with Crippen molar-refractivity contribution >= 4 is 55.5 Å². The van der Waals surface area contributed by atoms with Crippen LogP contribution in [0.25, 0.3) is 22.0 Å². The molecule has 2 aromatic carbocycles. The Labute approximate surface area is 149 Å². The first-order valence-electron chi connectivity index (χ1n) is 6.82. The van der Waals surface area contributed by atoms with Gasteiger partial charge in [0.1, 0.15) is 0 Å². The number of aromatic amines is 1. The average molecular weight is 405 g/mol. The predicted octanol–water partition coefficient (Wildman–Crippen LogP) is 2.79. The molecule has 120 valence electrons. The molecule has 0 aliphatic rings. The number of aromatic carboxylic acids is 1. The van der Waals surface area contributed by atoms with E-state index >= 15 is 0 Å². The molecule has 7 heteroatoms. The van der Waals surface area contributed by atoms with Gasteiger partial charge in [0.2, 0.25) is 0 Å². The minimum absolute atomic E-state index is 0.0560. The topological polar surface area (TPSA) is 85.9 Å². The highest BCUT2D eigenvalue weighted by molar-refractivity contribution is 9.10. The molecule has 1 heterocycles. The number of benzene rings is 2. The van der Waals surface area contributed by atoms with Crippen LogP contribution in [0.2, 0.25) is 0 Å². The van der Waals surface area contributed by atoms with Crippen LogP contribution < -0.4 is 10.7 Å². The fourth-order valence-corrected chi connectivity index (χ4v) is 2.63. The number of nitrogens with zero attached hydrogens (tertiary/aromatic N) is 1. The summed E-state index contributed by atoms with van der Waals surface area (Å²) in [4.78, 5) is 29.9. The maximum atomic E-state index is 12.1. The van der Waals surface area contributed by atoms with Gasteiger partial charge in [0.05, 0.1) is 21.9 Å². The van der Waals surface area contributed by atoms with Crippen molar-refractivity contribution in [3.63, 3.8) is 0 Å². The Morgan fingerprint density at radius 1 is 1.21 bits per heavy atom. The van der Waals surface area contributed by atoms with Crippen LogP contribution in [0.1, 0.15) is 21.7 Å². The van der Waals surface area contributed by atoms with Gasteiger partial charge in [0.25, 0.3) is 5.56 Å². The summed E-state index contributed by atoms with van der Waals surface area (Å²) in [7, 11) is 0. The highest BCUT2D eigenvalue weighted by Gasteiger charge is 2.08. The molecule has 0 radical (unpaired) electrons. The predicted molar refractivity (Wildman–Crippen MR) is 94.6 cm³/mol. The molecular formula is C17H9BrClN2O3-. The Bertz CT molecular complexity index is 1030. The largest absolute Gasteiger partial charge is 0.545 e. The van der Waals surface area contributed by atoms with Crippen molar-refractivity contribution in [3.8, 4) is 0 Å². The molecule has 0 atom stereocenters. The lowest BCUT2D eigenvalue weighted by atomic mass is 10.1. The number of halogens is 2. The number of fused-ring (bicyclic) bond motifs is 1. The second-order valence-electron chi connectivity index (χ2n) is 4.98. The lowest BCUT2D eigenvalue weighted by molar-refractivity contribution is -0.255. The van der Waals surface area contributed by atoms with Crippen molar-refractivity contribution in [2.45, 2.75) is 0 Å². The molecule has 3 aromatic rings. The molecular weight excluding hydrogens is 396 g/mol. The van der Waals surface area contributed by atoms with Crippen molar-refractivity contribution in [2.75, 3.05) is 0 Å². The number of aromatic nitrogens is 2. The minimum Gasteiger partial charge on any atom is -0.545 e. The molecule has 0 unspecified atom stereocenters. The van der Waals surface area contributed by atoms with Gasteiger partial charge in [-0.3, -0.25) is 4.79 Å². The monoisotopic (exact) mass is 403 g/mol. The number of hydrogen-bond acceptors (Lipinski definition) is 4. The van der Waals surface area contributed by atoms with E-state index in [0.717, 1.165) is 10.0 Å². The first-order valence-corrected chi connectivity index (χ1v) is 8.00. The van der Waals surface area contributed by atoms with Crippen LogP contribution in [-0.2, 0) is 0 Å². The second-order valence-corrected chi connectivity index (χ2v) is 6.30. The average Bonchev–Trinajstić information content (AvgIpc) is 2.56. The van der Waals surface area contributed by atoms with Crippen molar-refractivity contribution in [2.24, 2.45) is 0 Å². The van der Waals surface area contributed by atoms with Crippen LogP contribution in [0.5, 0.6) is 0 Å². The summed E-state index contributed by atoms with van der Waals surface area (Å²) in [6, 6.07) is 11.4. The van der Waals surface area contributed by atoms with Crippen LogP contribution in [0.15, 0.2) is 51.7 Å². The second kappa shape index (κ2) is 6.59. The van der Waals surface area contributed by atoms with Crippen LogP contribution in [-0.4, -0.2) is 15.9 Å². The number of carbonyl (C=O) groups excluding carboxylic acids is 1. The summed E-state index contributed by atoms with van der Waals surface area (Å²) in [6.07, 6.45) is 1.65. The number of carbonyl (C=O) groups is 1. The van der Waals surface area contributed by atoms with Crippen LogP contribution in [0, 0.1) is 0 Å². The Kier molecular flexibility index (Phi) is 4.51. The van der Waals surface area contributed by atoms with Gasteiger partial charge in [0, 0.05) is 4.47 Å². The van der Waals surface area contributed by atoms with E-state index in [4.69, 9.17) is 11.6 Å². The zero-order valence-electron chi connectivity index (χ0n) is 12.0. The summed E-state index contributed by atoms with van der Waals surface area (Å²) < 4.78 is 0.933. The summed E-state index contributed by atoms with van der Waals surface area (Å²) in [5, 5.41) is 11.5. The molecule has 1 aromatic heterocycles. The maximum absolute atomic E-state index is 12.1. The summed E-state index contributed by atoms with van der Waals surface area (Å²) in [6.45, 7) is 0. The van der Waals surface area contributed by atoms with Crippen molar-refractivity contribution < 1.29 is 9.90 Å². The van der Waals surface area contributed by atoms with Gasteiger partial charge in [-0.2, -0.15) is 0 Å². The number of rotatable bonds is 3. The number of H-pyrrole nitrogens is 1. The summed E-state index contributed by atoms with van der Waals surface area (Å²) in [5.41, 5.74) is 0.606. The molecule has 5 nitrogen and oxygen atoms in total. The van der Waals surface area contributed by atoms with Crippen LogP contribution in [0.3, 0.4) is 0 Å². The molecule has 0 aliphatic carbocycles. The van der Waals surface area contributed by atoms with E-state index in [1.165, 1.54) is 18.2 Å². The van der Waals surface area contributed by atoms with Crippen LogP contribution >= 0.6 is 27.5 Å². The van der Waals surface area contributed by atoms with E-state index in [9.17, 15) is 14.7 Å². The van der Waals surface area contributed by atoms with E-state index in [-0.39, 0.29) is 27.3 Å².